The minimum atomic E-state index is -0.545. The molecule has 0 saturated heterocycles. The van der Waals surface area contributed by atoms with E-state index in [-0.39, 0.29) is 5.91 Å². The monoisotopic (exact) mass is 306 g/mol. The number of nitrogens with one attached hydrogen (secondary N) is 1. The van der Waals surface area contributed by atoms with Crippen LogP contribution in [0.2, 0.25) is 0 Å². The molecule has 1 aromatic rings. The van der Waals surface area contributed by atoms with Gasteiger partial charge in [-0.05, 0) is 48.9 Å². The van der Waals surface area contributed by atoms with Gasteiger partial charge in [-0.2, -0.15) is 0 Å². The molecule has 0 radical (unpaired) electrons. The van der Waals surface area contributed by atoms with E-state index in [4.69, 9.17) is 5.73 Å². The summed E-state index contributed by atoms with van der Waals surface area (Å²) in [6.07, 6.45) is 2.20. The second-order valence-corrected chi connectivity index (χ2v) is 7.20. The van der Waals surface area contributed by atoms with Crippen molar-refractivity contribution in [2.45, 2.75) is 50.0 Å². The maximum atomic E-state index is 12.0. The first kappa shape index (κ1) is 16.4. The third kappa shape index (κ3) is 3.80. The number of carbonyl (C=O) groups excluding carboxylic acids is 1. The largest absolute Gasteiger partial charge is 0.368 e. The summed E-state index contributed by atoms with van der Waals surface area (Å²) in [5.74, 6) is 1.44. The standard InChI is InChI=1S/C17H26N2OS/c1-4-19-17(16(18)20,14-7-8-14)11-21-15-9-5-13(6-10-15)12(2)3/h5-6,9-10,12,14,19H,4,7-8,11H2,1-3H3,(H2,18,20). The lowest BCUT2D eigenvalue weighted by Gasteiger charge is -2.31. The Morgan fingerprint density at radius 3 is 2.43 bits per heavy atom. The van der Waals surface area contributed by atoms with Gasteiger partial charge in [-0.15, -0.1) is 11.8 Å². The fourth-order valence-electron chi connectivity index (χ4n) is 2.71. The van der Waals surface area contributed by atoms with Crippen LogP contribution in [0.15, 0.2) is 29.2 Å². The fraction of sp³-hybridized carbons (Fsp3) is 0.588. The molecule has 1 fully saturated rings. The van der Waals surface area contributed by atoms with Gasteiger partial charge in [-0.25, -0.2) is 0 Å². The summed E-state index contributed by atoms with van der Waals surface area (Å²) in [6, 6.07) is 8.63. The van der Waals surface area contributed by atoms with Crippen LogP contribution in [-0.2, 0) is 4.79 Å². The molecule has 0 heterocycles. The zero-order valence-electron chi connectivity index (χ0n) is 13.2. The van der Waals surface area contributed by atoms with Gasteiger partial charge in [0, 0.05) is 10.6 Å². The molecule has 3 nitrogen and oxygen atoms in total. The number of nitrogens with two attached hydrogens (primary N) is 1. The number of thioether (sulfide) groups is 1. The predicted octanol–water partition coefficient (Wildman–Crippen LogP) is 3.15. The number of hydrogen-bond donors (Lipinski definition) is 2. The first-order valence-electron chi connectivity index (χ1n) is 7.77. The summed E-state index contributed by atoms with van der Waals surface area (Å²) in [5.41, 5.74) is 6.51. The third-order valence-electron chi connectivity index (χ3n) is 4.22. The Balaban J connectivity index is 2.06. The van der Waals surface area contributed by atoms with Gasteiger partial charge in [0.2, 0.25) is 5.91 Å². The van der Waals surface area contributed by atoms with Crippen LogP contribution in [0.25, 0.3) is 0 Å². The Hall–Kier alpha value is -1.00. The second kappa shape index (κ2) is 6.84. The van der Waals surface area contributed by atoms with E-state index in [1.54, 1.807) is 11.8 Å². The Bertz CT molecular complexity index is 482. The van der Waals surface area contributed by atoms with E-state index in [1.807, 2.05) is 6.92 Å². The molecule has 0 aliphatic heterocycles. The van der Waals surface area contributed by atoms with E-state index in [0.717, 1.165) is 19.4 Å². The maximum absolute atomic E-state index is 12.0. The molecule has 2 rings (SSSR count). The number of carbonyl (C=O) groups is 1. The van der Waals surface area contributed by atoms with Crippen LogP contribution in [-0.4, -0.2) is 23.7 Å². The molecule has 1 aliphatic carbocycles. The first-order valence-corrected chi connectivity index (χ1v) is 8.76. The van der Waals surface area contributed by atoms with Crippen molar-refractivity contribution in [1.82, 2.24) is 5.32 Å². The average molecular weight is 306 g/mol. The van der Waals surface area contributed by atoms with Crippen LogP contribution in [0.5, 0.6) is 0 Å². The number of likely N-dealkylation sites (N-methyl/N-ethyl adjacent to an activating group) is 1. The van der Waals surface area contributed by atoms with Crippen molar-refractivity contribution in [3.05, 3.63) is 29.8 Å². The Kier molecular flexibility index (Phi) is 5.33. The summed E-state index contributed by atoms with van der Waals surface area (Å²) in [4.78, 5) is 13.2. The van der Waals surface area contributed by atoms with Crippen LogP contribution in [0, 0.1) is 5.92 Å². The molecule has 116 valence electrons. The number of primary amides is 1. The average Bonchev–Trinajstić information content (AvgIpc) is 3.28. The van der Waals surface area contributed by atoms with Gasteiger partial charge in [-0.3, -0.25) is 4.79 Å². The molecule has 0 spiro atoms. The molecule has 1 unspecified atom stereocenters. The second-order valence-electron chi connectivity index (χ2n) is 6.15. The molecule has 3 N–H and O–H groups in total. The zero-order valence-corrected chi connectivity index (χ0v) is 14.0. The van der Waals surface area contributed by atoms with Crippen LogP contribution >= 0.6 is 11.8 Å². The number of hydrogen-bond acceptors (Lipinski definition) is 3. The van der Waals surface area contributed by atoms with Gasteiger partial charge in [0.15, 0.2) is 0 Å². The topological polar surface area (TPSA) is 55.1 Å². The molecule has 1 aliphatic rings. The molecule has 4 heteroatoms. The maximum Gasteiger partial charge on any atom is 0.238 e. The van der Waals surface area contributed by atoms with Crippen molar-refractivity contribution in [2.24, 2.45) is 11.7 Å². The molecule has 1 aromatic carbocycles. The lowest BCUT2D eigenvalue weighted by atomic mass is 9.94. The quantitative estimate of drug-likeness (QED) is 0.725. The van der Waals surface area contributed by atoms with Crippen LogP contribution < -0.4 is 11.1 Å². The number of benzene rings is 1. The Labute approximate surface area is 132 Å². The van der Waals surface area contributed by atoms with Crippen LogP contribution in [0.4, 0.5) is 0 Å². The van der Waals surface area contributed by atoms with Gasteiger partial charge >= 0.3 is 0 Å². The molecule has 21 heavy (non-hydrogen) atoms. The van der Waals surface area contributed by atoms with Gasteiger partial charge in [0.25, 0.3) is 0 Å². The lowest BCUT2D eigenvalue weighted by Crippen LogP contribution is -2.59. The summed E-state index contributed by atoms with van der Waals surface area (Å²) in [6.45, 7) is 7.19. The fourth-order valence-corrected chi connectivity index (χ4v) is 3.91. The van der Waals surface area contributed by atoms with Crippen molar-refractivity contribution >= 4 is 17.7 Å². The van der Waals surface area contributed by atoms with Crippen molar-refractivity contribution in [2.75, 3.05) is 12.3 Å². The van der Waals surface area contributed by atoms with Crippen molar-refractivity contribution in [3.8, 4) is 0 Å². The van der Waals surface area contributed by atoms with E-state index < -0.39 is 5.54 Å². The summed E-state index contributed by atoms with van der Waals surface area (Å²) >= 11 is 1.72. The summed E-state index contributed by atoms with van der Waals surface area (Å²) < 4.78 is 0. The van der Waals surface area contributed by atoms with Gasteiger partial charge in [0.05, 0.1) is 0 Å². The van der Waals surface area contributed by atoms with Crippen molar-refractivity contribution < 1.29 is 4.79 Å². The molecule has 1 atom stereocenters. The van der Waals surface area contributed by atoms with E-state index in [2.05, 4.69) is 43.4 Å². The normalized spacial score (nSPS) is 17.7. The highest BCUT2D eigenvalue weighted by Gasteiger charge is 2.49. The molecule has 0 bridgehead atoms. The number of rotatable bonds is 8. The van der Waals surface area contributed by atoms with Crippen LogP contribution in [0.3, 0.4) is 0 Å². The van der Waals surface area contributed by atoms with Gasteiger partial charge in [0.1, 0.15) is 5.54 Å². The van der Waals surface area contributed by atoms with E-state index in [9.17, 15) is 4.79 Å². The van der Waals surface area contributed by atoms with E-state index >= 15 is 0 Å². The molecular weight excluding hydrogens is 280 g/mol. The zero-order chi connectivity index (χ0) is 15.5. The SMILES string of the molecule is CCNC(CSc1ccc(C(C)C)cc1)(C(N)=O)C1CC1. The van der Waals surface area contributed by atoms with Crippen molar-refractivity contribution in [3.63, 3.8) is 0 Å². The van der Waals surface area contributed by atoms with E-state index in [0.29, 0.717) is 17.6 Å². The molecule has 0 aromatic heterocycles. The molecule has 1 amide bonds. The van der Waals surface area contributed by atoms with Gasteiger partial charge in [-0.1, -0.05) is 32.9 Å². The molecular formula is C17H26N2OS. The van der Waals surface area contributed by atoms with Gasteiger partial charge < -0.3 is 11.1 Å². The van der Waals surface area contributed by atoms with Crippen LogP contribution in [0.1, 0.15) is 45.1 Å². The minimum absolute atomic E-state index is 0.210. The highest BCUT2D eigenvalue weighted by molar-refractivity contribution is 7.99. The predicted molar refractivity (Wildman–Crippen MR) is 89.6 cm³/mol. The Morgan fingerprint density at radius 1 is 1.38 bits per heavy atom. The lowest BCUT2D eigenvalue weighted by molar-refractivity contribution is -0.124. The summed E-state index contributed by atoms with van der Waals surface area (Å²) in [5, 5.41) is 3.36. The smallest absolute Gasteiger partial charge is 0.238 e. The minimum Gasteiger partial charge on any atom is -0.368 e. The third-order valence-corrected chi connectivity index (χ3v) is 5.42. The van der Waals surface area contributed by atoms with E-state index in [1.165, 1.54) is 10.5 Å². The Morgan fingerprint density at radius 2 is 2.00 bits per heavy atom. The van der Waals surface area contributed by atoms with Crippen molar-refractivity contribution in [1.29, 1.82) is 0 Å². The first-order chi connectivity index (χ1) is 9.99. The molecule has 1 saturated carbocycles. The highest BCUT2D eigenvalue weighted by atomic mass is 32.2. The number of amides is 1. The summed E-state index contributed by atoms with van der Waals surface area (Å²) in [7, 11) is 0. The highest BCUT2D eigenvalue weighted by Crippen LogP contribution is 2.42.